The van der Waals surface area contributed by atoms with Gasteiger partial charge in [0.15, 0.2) is 11.9 Å². The normalized spacial score (nSPS) is 28.8. The van der Waals surface area contributed by atoms with Crippen molar-refractivity contribution in [3.63, 3.8) is 0 Å². The first-order valence-corrected chi connectivity index (χ1v) is 19.4. The Morgan fingerprint density at radius 2 is 1.92 bits per heavy atom. The molecule has 3 aliphatic heterocycles. The number of ether oxygens (including phenoxy) is 3. The highest BCUT2D eigenvalue weighted by Gasteiger charge is 2.57. The van der Waals surface area contributed by atoms with Crippen molar-refractivity contribution >= 4 is 50.4 Å². The minimum absolute atomic E-state index is 0.119. The van der Waals surface area contributed by atoms with Crippen LogP contribution in [0.15, 0.2) is 12.3 Å². The van der Waals surface area contributed by atoms with Crippen LogP contribution in [0, 0.1) is 11.3 Å². The minimum atomic E-state index is -1.56. The van der Waals surface area contributed by atoms with Gasteiger partial charge in [-0.2, -0.15) is 20.2 Å². The van der Waals surface area contributed by atoms with Gasteiger partial charge in [-0.1, -0.05) is 11.6 Å². The number of β-amino-alcohol motifs (C(OH)–C–C–N with tert-alkyl or cyclic N) is 1. The van der Waals surface area contributed by atoms with Crippen molar-refractivity contribution in [3.05, 3.63) is 22.8 Å². The highest BCUT2D eigenvalue weighted by molar-refractivity contribution is 6.33. The summed E-state index contributed by atoms with van der Waals surface area (Å²) in [5.74, 6) is 1.30. The SMILES string of the molecule is CN1CCC2CC2(COc2nc(N3CCOC[C@@](C)(O)C3)c3c4c(c(-c5c(C6(F)CC6)c(Cl)cc6c5cnn6C5CCCCO5)nn4C)n(C)c3n2)C1. The van der Waals surface area contributed by atoms with Gasteiger partial charge in [-0.3, -0.25) is 4.68 Å². The highest BCUT2D eigenvalue weighted by Crippen LogP contribution is 2.58. The van der Waals surface area contributed by atoms with Gasteiger partial charge in [0.05, 0.1) is 54.5 Å². The molecule has 7 heterocycles. The number of fused-ring (bicyclic) bond motifs is 5. The molecule has 0 radical (unpaired) electrons. The van der Waals surface area contributed by atoms with Crippen LogP contribution in [-0.4, -0.2) is 109 Å². The zero-order chi connectivity index (χ0) is 36.4. The molecule has 3 unspecified atom stereocenters. The van der Waals surface area contributed by atoms with Crippen molar-refractivity contribution < 1.29 is 23.7 Å². The Kier molecular flexibility index (Phi) is 7.67. The molecule has 13 nitrogen and oxygen atoms in total. The summed E-state index contributed by atoms with van der Waals surface area (Å²) in [4.78, 5) is 14.6. The second-order valence-corrected chi connectivity index (χ2v) is 17.1. The van der Waals surface area contributed by atoms with Crippen molar-refractivity contribution in [1.29, 1.82) is 0 Å². The first-order chi connectivity index (χ1) is 25.5. The Morgan fingerprint density at radius 1 is 1.08 bits per heavy atom. The number of benzene rings is 1. The molecule has 53 heavy (non-hydrogen) atoms. The van der Waals surface area contributed by atoms with Gasteiger partial charge in [0.2, 0.25) is 0 Å². The maximum atomic E-state index is 16.5. The smallest absolute Gasteiger partial charge is 0.320 e. The second-order valence-electron chi connectivity index (χ2n) is 16.7. The van der Waals surface area contributed by atoms with E-state index >= 15 is 4.39 Å². The van der Waals surface area contributed by atoms with Crippen molar-refractivity contribution in [1.82, 2.24) is 39.0 Å². The van der Waals surface area contributed by atoms with Gasteiger partial charge < -0.3 is 33.7 Å². The molecule has 2 aliphatic carbocycles. The van der Waals surface area contributed by atoms with Gasteiger partial charge in [-0.05, 0) is 77.4 Å². The van der Waals surface area contributed by atoms with Crippen LogP contribution in [0.1, 0.15) is 63.7 Å². The Balaban J connectivity index is 1.18. The molecule has 5 aromatic rings. The summed E-state index contributed by atoms with van der Waals surface area (Å²) in [7, 11) is 6.04. The third-order valence-corrected chi connectivity index (χ3v) is 12.8. The number of aromatic nitrogens is 7. The molecular formula is C38H47ClFN9O4. The van der Waals surface area contributed by atoms with Gasteiger partial charge in [0, 0.05) is 60.7 Å². The molecule has 15 heteroatoms. The van der Waals surface area contributed by atoms with E-state index in [1.165, 1.54) is 6.42 Å². The number of hydrogen-bond acceptors (Lipinski definition) is 10. The fraction of sp³-hybridized carbons (Fsp3) is 0.632. The average Bonchev–Trinajstić information content (AvgIpc) is 3.94. The van der Waals surface area contributed by atoms with Gasteiger partial charge in [-0.15, -0.1) is 0 Å². The average molecular weight is 748 g/mol. The number of rotatable bonds is 7. The lowest BCUT2D eigenvalue weighted by Crippen LogP contribution is -2.42. The quantitative estimate of drug-likeness (QED) is 0.229. The van der Waals surface area contributed by atoms with E-state index in [-0.39, 0.29) is 18.2 Å². The summed E-state index contributed by atoms with van der Waals surface area (Å²) in [6.07, 6.45) is 7.60. The second kappa shape index (κ2) is 12.0. The molecule has 1 aromatic carbocycles. The van der Waals surface area contributed by atoms with Gasteiger partial charge in [-0.25, -0.2) is 9.07 Å². The van der Waals surface area contributed by atoms with Crippen molar-refractivity contribution in [2.24, 2.45) is 25.4 Å². The van der Waals surface area contributed by atoms with Crippen LogP contribution >= 0.6 is 11.6 Å². The first-order valence-electron chi connectivity index (χ1n) is 19.1. The molecule has 0 bridgehead atoms. The molecule has 0 amide bonds. The van der Waals surface area contributed by atoms with Gasteiger partial charge in [0.1, 0.15) is 22.8 Å². The van der Waals surface area contributed by atoms with Gasteiger partial charge in [0.25, 0.3) is 0 Å². The maximum absolute atomic E-state index is 16.5. The van der Waals surface area contributed by atoms with Crippen LogP contribution in [-0.2, 0) is 29.2 Å². The molecule has 282 valence electrons. The molecule has 3 saturated heterocycles. The summed E-state index contributed by atoms with van der Waals surface area (Å²) in [6.45, 7) is 6.58. The number of piperidine rings is 1. The molecular weight excluding hydrogens is 701 g/mol. The summed E-state index contributed by atoms with van der Waals surface area (Å²) in [5.41, 5.74) is 2.18. The number of likely N-dealkylation sites (tertiary alicyclic amines) is 1. The fourth-order valence-electron chi connectivity index (χ4n) is 9.54. The molecule has 0 spiro atoms. The highest BCUT2D eigenvalue weighted by atomic mass is 35.5. The summed E-state index contributed by atoms with van der Waals surface area (Å²) in [6, 6.07) is 2.14. The van der Waals surface area contributed by atoms with Crippen molar-refractivity contribution in [3.8, 4) is 17.3 Å². The zero-order valence-electron chi connectivity index (χ0n) is 30.9. The molecule has 4 atom stereocenters. The predicted octanol–water partition coefficient (Wildman–Crippen LogP) is 5.49. The third-order valence-electron chi connectivity index (χ3n) is 12.5. The molecule has 5 aliphatic rings. The standard InChI is InChI=1S/C38H47ClFN9O4/c1-36(50)18-48(12-14-51-20-36)34-28-31-32(46(3)33(28)42-35(43-34)53-21-37-16-22(37)8-11-45(2)19-37)30(44-47(31)4)27-23-17-41-49(26-7-5-6-13-52-26)25(23)15-24(39)29(27)38(40)9-10-38/h15,17,22,26,50H,5-14,16,18-21H2,1-4H3/t22?,26?,36-,37?/m0/s1. The van der Waals surface area contributed by atoms with Crippen LogP contribution < -0.4 is 9.64 Å². The number of halogens is 2. The van der Waals surface area contributed by atoms with Crippen molar-refractivity contribution in [2.45, 2.75) is 69.4 Å². The number of alkyl halides is 1. The molecule has 1 N–H and O–H groups in total. The predicted molar refractivity (Wildman–Crippen MR) is 199 cm³/mol. The van der Waals surface area contributed by atoms with E-state index in [2.05, 4.69) is 16.8 Å². The first kappa shape index (κ1) is 34.0. The molecule has 4 aromatic heterocycles. The van der Waals surface area contributed by atoms with E-state index in [4.69, 9.17) is 46.0 Å². The third kappa shape index (κ3) is 5.45. The lowest BCUT2D eigenvalue weighted by Gasteiger charge is -2.30. The fourth-order valence-corrected chi connectivity index (χ4v) is 9.90. The number of aliphatic hydroxyl groups is 1. The van der Waals surface area contributed by atoms with Crippen LogP contribution in [0.3, 0.4) is 0 Å². The summed E-state index contributed by atoms with van der Waals surface area (Å²) >= 11 is 7.09. The van der Waals surface area contributed by atoms with E-state index in [0.717, 1.165) is 66.1 Å². The Bertz CT molecular complexity index is 2270. The maximum Gasteiger partial charge on any atom is 0.320 e. The molecule has 2 saturated carbocycles. The minimum Gasteiger partial charge on any atom is -0.463 e. The summed E-state index contributed by atoms with van der Waals surface area (Å²) < 4.78 is 40.8. The van der Waals surface area contributed by atoms with Crippen molar-refractivity contribution in [2.75, 3.05) is 64.6 Å². The van der Waals surface area contributed by atoms with Crippen LogP contribution in [0.25, 0.3) is 44.2 Å². The summed E-state index contributed by atoms with van der Waals surface area (Å²) in [5, 5.41) is 23.2. The van der Waals surface area contributed by atoms with E-state index in [1.54, 1.807) is 13.1 Å². The van der Waals surface area contributed by atoms with E-state index in [1.807, 2.05) is 34.1 Å². The van der Waals surface area contributed by atoms with E-state index in [0.29, 0.717) is 91.0 Å². The van der Waals surface area contributed by atoms with E-state index < -0.39 is 11.3 Å². The Hall–Kier alpha value is -3.56. The number of aryl methyl sites for hydroxylation is 2. The van der Waals surface area contributed by atoms with Gasteiger partial charge >= 0.3 is 6.01 Å². The Labute approximate surface area is 311 Å². The number of anilines is 1. The topological polar surface area (TPSA) is 121 Å². The van der Waals surface area contributed by atoms with Crippen LogP contribution in [0.2, 0.25) is 5.02 Å². The largest absolute Gasteiger partial charge is 0.463 e. The lowest BCUT2D eigenvalue weighted by molar-refractivity contribution is -0.0366. The molecule has 10 rings (SSSR count). The van der Waals surface area contributed by atoms with Crippen LogP contribution in [0.4, 0.5) is 10.2 Å². The molecule has 5 fully saturated rings. The number of hydrogen-bond donors (Lipinski definition) is 1. The lowest BCUT2D eigenvalue weighted by atomic mass is 9.95. The zero-order valence-corrected chi connectivity index (χ0v) is 31.6. The number of nitrogens with zero attached hydrogens (tertiary/aromatic N) is 9. The monoisotopic (exact) mass is 747 g/mol. The Morgan fingerprint density at radius 3 is 2.72 bits per heavy atom. The van der Waals surface area contributed by atoms with E-state index in [9.17, 15) is 5.11 Å². The van der Waals surface area contributed by atoms with Crippen LogP contribution in [0.5, 0.6) is 6.01 Å².